The van der Waals surface area contributed by atoms with Crippen molar-refractivity contribution in [3.05, 3.63) is 65.7 Å². The average Bonchev–Trinajstić information content (AvgIpc) is 3.38. The van der Waals surface area contributed by atoms with Gasteiger partial charge in [-0.25, -0.2) is 4.39 Å². The molecule has 5 heteroatoms. The van der Waals surface area contributed by atoms with Crippen molar-refractivity contribution in [3.63, 3.8) is 0 Å². The Morgan fingerprint density at radius 3 is 2.45 bits per heavy atom. The van der Waals surface area contributed by atoms with Gasteiger partial charge in [-0.2, -0.15) is 0 Å². The maximum atomic E-state index is 12.9. The van der Waals surface area contributed by atoms with Gasteiger partial charge in [0.2, 0.25) is 0 Å². The quantitative estimate of drug-likeness (QED) is 0.923. The minimum atomic E-state index is -0.827. The lowest BCUT2D eigenvalue weighted by atomic mass is 10.1. The van der Waals surface area contributed by atoms with E-state index in [1.54, 1.807) is 41.6 Å². The highest BCUT2D eigenvalue weighted by atomic mass is 19.1. The molecule has 1 heterocycles. The van der Waals surface area contributed by atoms with Crippen LogP contribution < -0.4 is 0 Å². The number of aliphatic hydroxyl groups is 1. The summed E-state index contributed by atoms with van der Waals surface area (Å²) < 4.78 is 12.9. The van der Waals surface area contributed by atoms with Crippen molar-refractivity contribution in [2.45, 2.75) is 25.0 Å². The first-order valence-corrected chi connectivity index (χ1v) is 7.29. The molecule has 1 amide bonds. The van der Waals surface area contributed by atoms with E-state index in [9.17, 15) is 14.3 Å². The number of carbonyl (C=O) groups is 1. The van der Waals surface area contributed by atoms with Gasteiger partial charge in [-0.1, -0.05) is 12.1 Å². The van der Waals surface area contributed by atoms with Crippen molar-refractivity contribution < 1.29 is 14.3 Å². The van der Waals surface area contributed by atoms with Gasteiger partial charge in [-0.15, -0.1) is 0 Å². The van der Waals surface area contributed by atoms with Crippen LogP contribution in [0.2, 0.25) is 0 Å². The number of rotatable bonds is 5. The smallest absolute Gasteiger partial charge is 0.254 e. The number of halogens is 1. The van der Waals surface area contributed by atoms with E-state index < -0.39 is 6.10 Å². The molecule has 4 nitrogen and oxygen atoms in total. The van der Waals surface area contributed by atoms with Gasteiger partial charge in [-0.05, 0) is 42.7 Å². The second-order valence-corrected chi connectivity index (χ2v) is 5.49. The summed E-state index contributed by atoms with van der Waals surface area (Å²) in [4.78, 5) is 18.2. The molecule has 1 atom stereocenters. The molecule has 2 aromatic rings. The van der Waals surface area contributed by atoms with E-state index in [0.29, 0.717) is 11.1 Å². The van der Waals surface area contributed by atoms with Crippen LogP contribution in [0.15, 0.2) is 48.8 Å². The molecule has 114 valence electrons. The molecule has 1 saturated carbocycles. The summed E-state index contributed by atoms with van der Waals surface area (Å²) >= 11 is 0. The molecule has 1 N–H and O–H groups in total. The monoisotopic (exact) mass is 300 g/mol. The topological polar surface area (TPSA) is 53.4 Å². The van der Waals surface area contributed by atoms with Crippen molar-refractivity contribution >= 4 is 5.91 Å². The van der Waals surface area contributed by atoms with E-state index in [2.05, 4.69) is 4.98 Å². The van der Waals surface area contributed by atoms with Crippen LogP contribution in [0.5, 0.6) is 0 Å². The number of hydrogen-bond donors (Lipinski definition) is 1. The van der Waals surface area contributed by atoms with Crippen LogP contribution in [-0.4, -0.2) is 33.5 Å². The third kappa shape index (κ3) is 3.31. The minimum absolute atomic E-state index is 0.105. The first-order valence-electron chi connectivity index (χ1n) is 7.29. The van der Waals surface area contributed by atoms with Gasteiger partial charge >= 0.3 is 0 Å². The van der Waals surface area contributed by atoms with E-state index in [4.69, 9.17) is 0 Å². The molecular weight excluding hydrogens is 283 g/mol. The second-order valence-electron chi connectivity index (χ2n) is 5.49. The summed E-state index contributed by atoms with van der Waals surface area (Å²) in [6, 6.07) is 9.22. The molecular formula is C17H17FN2O2. The molecule has 0 aliphatic heterocycles. The number of hydrogen-bond acceptors (Lipinski definition) is 3. The summed E-state index contributed by atoms with van der Waals surface area (Å²) in [6.45, 7) is 0.206. The second kappa shape index (κ2) is 6.23. The predicted molar refractivity (Wildman–Crippen MR) is 79.7 cm³/mol. The van der Waals surface area contributed by atoms with Gasteiger partial charge in [-0.3, -0.25) is 9.78 Å². The van der Waals surface area contributed by atoms with Gasteiger partial charge < -0.3 is 10.0 Å². The number of amides is 1. The fourth-order valence-electron chi connectivity index (χ4n) is 2.42. The molecule has 1 aliphatic carbocycles. The van der Waals surface area contributed by atoms with Crippen molar-refractivity contribution in [1.82, 2.24) is 9.88 Å². The van der Waals surface area contributed by atoms with Crippen molar-refractivity contribution in [3.8, 4) is 0 Å². The summed E-state index contributed by atoms with van der Waals surface area (Å²) in [6.07, 6.45) is 4.23. The Morgan fingerprint density at radius 2 is 1.86 bits per heavy atom. The van der Waals surface area contributed by atoms with Crippen LogP contribution in [0, 0.1) is 5.82 Å². The number of pyridine rings is 1. The van der Waals surface area contributed by atoms with Crippen molar-refractivity contribution in [2.24, 2.45) is 0 Å². The van der Waals surface area contributed by atoms with Gasteiger partial charge in [0.25, 0.3) is 5.91 Å². The highest BCUT2D eigenvalue weighted by Gasteiger charge is 2.34. The van der Waals surface area contributed by atoms with Crippen LogP contribution in [0.25, 0.3) is 0 Å². The van der Waals surface area contributed by atoms with Crippen molar-refractivity contribution in [2.75, 3.05) is 6.54 Å². The average molecular weight is 300 g/mol. The number of nitrogens with zero attached hydrogens (tertiary/aromatic N) is 2. The Bertz CT molecular complexity index is 641. The molecule has 1 fully saturated rings. The number of aromatic nitrogens is 1. The van der Waals surface area contributed by atoms with E-state index in [-0.39, 0.29) is 24.3 Å². The Hall–Kier alpha value is -2.27. The Labute approximate surface area is 128 Å². The molecule has 1 aromatic carbocycles. The van der Waals surface area contributed by atoms with Crippen LogP contribution in [0.1, 0.15) is 34.9 Å². The standard InChI is InChI=1S/C17H17FN2O2/c18-14-3-1-12(2-4-14)16(21)11-20(15-5-6-15)17(22)13-7-9-19-10-8-13/h1-4,7-10,15-16,21H,5-6,11H2. The van der Waals surface area contributed by atoms with E-state index in [0.717, 1.165) is 12.8 Å². The van der Waals surface area contributed by atoms with Gasteiger partial charge in [0, 0.05) is 24.0 Å². The third-order valence-electron chi connectivity index (χ3n) is 3.80. The fourth-order valence-corrected chi connectivity index (χ4v) is 2.42. The normalized spacial score (nSPS) is 15.4. The Morgan fingerprint density at radius 1 is 1.23 bits per heavy atom. The van der Waals surface area contributed by atoms with E-state index in [1.165, 1.54) is 12.1 Å². The summed E-state index contributed by atoms with van der Waals surface area (Å²) in [7, 11) is 0. The van der Waals surface area contributed by atoms with Gasteiger partial charge in [0.05, 0.1) is 12.6 Å². The van der Waals surface area contributed by atoms with Gasteiger partial charge in [0.1, 0.15) is 5.82 Å². The first kappa shape index (κ1) is 14.7. The highest BCUT2D eigenvalue weighted by molar-refractivity contribution is 5.94. The molecule has 22 heavy (non-hydrogen) atoms. The van der Waals surface area contributed by atoms with E-state index >= 15 is 0 Å². The summed E-state index contributed by atoms with van der Waals surface area (Å²) in [5, 5.41) is 10.3. The SMILES string of the molecule is O=C(c1ccncc1)N(CC(O)c1ccc(F)cc1)C1CC1. The molecule has 0 saturated heterocycles. The lowest BCUT2D eigenvalue weighted by Crippen LogP contribution is -2.36. The number of aliphatic hydroxyl groups excluding tert-OH is 1. The zero-order valence-electron chi connectivity index (χ0n) is 12.0. The molecule has 1 aromatic heterocycles. The molecule has 1 unspecified atom stereocenters. The van der Waals surface area contributed by atoms with Crippen LogP contribution >= 0.6 is 0 Å². The van der Waals surface area contributed by atoms with Crippen LogP contribution in [-0.2, 0) is 0 Å². The van der Waals surface area contributed by atoms with Crippen molar-refractivity contribution in [1.29, 1.82) is 0 Å². The maximum absolute atomic E-state index is 12.9. The largest absolute Gasteiger partial charge is 0.387 e. The van der Waals surface area contributed by atoms with Crippen LogP contribution in [0.3, 0.4) is 0 Å². The lowest BCUT2D eigenvalue weighted by molar-refractivity contribution is 0.0603. The Kier molecular flexibility index (Phi) is 4.15. The van der Waals surface area contributed by atoms with Gasteiger partial charge in [0.15, 0.2) is 0 Å². The number of benzene rings is 1. The highest BCUT2D eigenvalue weighted by Crippen LogP contribution is 2.30. The molecule has 0 radical (unpaired) electrons. The van der Waals surface area contributed by atoms with Crippen LogP contribution in [0.4, 0.5) is 4.39 Å². The lowest BCUT2D eigenvalue weighted by Gasteiger charge is -2.25. The first-order chi connectivity index (χ1) is 10.6. The Balaban J connectivity index is 1.74. The zero-order valence-corrected chi connectivity index (χ0v) is 12.0. The molecule has 3 rings (SSSR count). The summed E-state index contributed by atoms with van der Waals surface area (Å²) in [5.74, 6) is -0.450. The minimum Gasteiger partial charge on any atom is -0.387 e. The summed E-state index contributed by atoms with van der Waals surface area (Å²) in [5.41, 5.74) is 1.17. The predicted octanol–water partition coefficient (Wildman–Crippen LogP) is 2.56. The zero-order chi connectivity index (χ0) is 15.5. The number of carbonyl (C=O) groups excluding carboxylic acids is 1. The third-order valence-corrected chi connectivity index (χ3v) is 3.80. The molecule has 0 spiro atoms. The molecule has 0 bridgehead atoms. The molecule has 1 aliphatic rings. The maximum Gasteiger partial charge on any atom is 0.254 e. The van der Waals surface area contributed by atoms with E-state index in [1.807, 2.05) is 0 Å². The fraction of sp³-hybridized carbons (Fsp3) is 0.294.